The molecule has 1 aromatic rings. The van der Waals surface area contributed by atoms with Gasteiger partial charge >= 0.3 is 0 Å². The fourth-order valence-electron chi connectivity index (χ4n) is 2.52. The summed E-state index contributed by atoms with van der Waals surface area (Å²) in [6.45, 7) is 3.67. The van der Waals surface area contributed by atoms with Crippen molar-refractivity contribution in [3.8, 4) is 5.75 Å². The van der Waals surface area contributed by atoms with Crippen LogP contribution in [0, 0.1) is 0 Å². The van der Waals surface area contributed by atoms with Crippen molar-refractivity contribution in [1.29, 1.82) is 0 Å². The number of ether oxygens (including phenoxy) is 2. The Morgan fingerprint density at radius 2 is 2.20 bits per heavy atom. The molecule has 1 aliphatic heterocycles. The van der Waals surface area contributed by atoms with Gasteiger partial charge in [-0.15, -0.1) is 0 Å². The zero-order valence-electron chi connectivity index (χ0n) is 12.4. The van der Waals surface area contributed by atoms with Gasteiger partial charge in [0.2, 0.25) is 0 Å². The van der Waals surface area contributed by atoms with Crippen LogP contribution in [-0.2, 0) is 4.74 Å². The lowest BCUT2D eigenvalue weighted by molar-refractivity contribution is -0.00192. The number of rotatable bonds is 7. The molecule has 1 saturated heterocycles. The van der Waals surface area contributed by atoms with E-state index >= 15 is 0 Å². The standard InChI is InChI=1S/C16H26N2O2/c1-18(13-14-7-4-5-11-19-14)10-6-12-20-16-9-3-2-8-15(16)17/h2-3,8-9,14H,4-7,10-13,17H2,1H3. The molecule has 2 N–H and O–H groups in total. The van der Waals surface area contributed by atoms with E-state index in [1.165, 1.54) is 19.3 Å². The molecule has 0 spiro atoms. The van der Waals surface area contributed by atoms with Crippen molar-refractivity contribution in [2.75, 3.05) is 39.1 Å². The highest BCUT2D eigenvalue weighted by molar-refractivity contribution is 5.51. The summed E-state index contributed by atoms with van der Waals surface area (Å²) in [5.74, 6) is 0.783. The molecule has 0 aliphatic carbocycles. The van der Waals surface area contributed by atoms with Crippen LogP contribution < -0.4 is 10.5 Å². The van der Waals surface area contributed by atoms with Gasteiger partial charge in [-0.1, -0.05) is 12.1 Å². The van der Waals surface area contributed by atoms with Crippen LogP contribution in [0.2, 0.25) is 0 Å². The highest BCUT2D eigenvalue weighted by Crippen LogP contribution is 2.19. The molecule has 4 heteroatoms. The van der Waals surface area contributed by atoms with Gasteiger partial charge in [0, 0.05) is 19.7 Å². The smallest absolute Gasteiger partial charge is 0.142 e. The van der Waals surface area contributed by atoms with Crippen molar-refractivity contribution in [1.82, 2.24) is 4.90 Å². The van der Waals surface area contributed by atoms with Crippen molar-refractivity contribution in [2.24, 2.45) is 0 Å². The number of nitrogen functional groups attached to an aromatic ring is 1. The maximum Gasteiger partial charge on any atom is 0.142 e. The van der Waals surface area contributed by atoms with Crippen LogP contribution in [0.25, 0.3) is 0 Å². The van der Waals surface area contributed by atoms with E-state index in [0.29, 0.717) is 18.4 Å². The summed E-state index contributed by atoms with van der Waals surface area (Å²) in [5.41, 5.74) is 6.54. The van der Waals surface area contributed by atoms with Crippen molar-refractivity contribution >= 4 is 5.69 Å². The lowest BCUT2D eigenvalue weighted by Crippen LogP contribution is -2.34. The first-order chi connectivity index (χ1) is 9.75. The Labute approximate surface area is 121 Å². The van der Waals surface area contributed by atoms with E-state index in [4.69, 9.17) is 15.2 Å². The van der Waals surface area contributed by atoms with Crippen molar-refractivity contribution in [3.63, 3.8) is 0 Å². The molecule has 1 fully saturated rings. The minimum absolute atomic E-state index is 0.416. The number of nitrogens with two attached hydrogens (primary N) is 1. The monoisotopic (exact) mass is 278 g/mol. The van der Waals surface area contributed by atoms with Gasteiger partial charge in [0.25, 0.3) is 0 Å². The van der Waals surface area contributed by atoms with Crippen LogP contribution in [-0.4, -0.2) is 44.4 Å². The third kappa shape index (κ3) is 5.02. The Morgan fingerprint density at radius 3 is 2.95 bits per heavy atom. The molecule has 0 radical (unpaired) electrons. The summed E-state index contributed by atoms with van der Waals surface area (Å²) >= 11 is 0. The van der Waals surface area contributed by atoms with Crippen molar-refractivity contribution in [2.45, 2.75) is 31.8 Å². The van der Waals surface area contributed by atoms with Crippen LogP contribution in [0.15, 0.2) is 24.3 Å². The van der Waals surface area contributed by atoms with Crippen LogP contribution in [0.4, 0.5) is 5.69 Å². The molecule has 0 aromatic heterocycles. The molecule has 1 atom stereocenters. The average molecular weight is 278 g/mol. The van der Waals surface area contributed by atoms with E-state index in [1.807, 2.05) is 24.3 Å². The molecule has 112 valence electrons. The molecule has 0 bridgehead atoms. The molecule has 1 heterocycles. The number of nitrogens with zero attached hydrogens (tertiary/aromatic N) is 1. The Balaban J connectivity index is 1.59. The quantitative estimate of drug-likeness (QED) is 0.615. The second-order valence-corrected chi connectivity index (χ2v) is 5.49. The molecule has 0 saturated carbocycles. The van der Waals surface area contributed by atoms with Gasteiger partial charge in [-0.25, -0.2) is 0 Å². The second kappa shape index (κ2) is 8.12. The van der Waals surface area contributed by atoms with E-state index in [0.717, 1.165) is 31.9 Å². The lowest BCUT2D eigenvalue weighted by Gasteiger charge is -2.27. The summed E-state index contributed by atoms with van der Waals surface area (Å²) in [7, 11) is 2.15. The molecule has 1 aliphatic rings. The van der Waals surface area contributed by atoms with Gasteiger partial charge in [0.15, 0.2) is 0 Å². The molecule has 0 amide bonds. The van der Waals surface area contributed by atoms with Crippen LogP contribution in [0.1, 0.15) is 25.7 Å². The molecule has 4 nitrogen and oxygen atoms in total. The summed E-state index contributed by atoms with van der Waals surface area (Å²) in [6, 6.07) is 7.63. The van der Waals surface area contributed by atoms with Crippen molar-refractivity contribution < 1.29 is 9.47 Å². The first-order valence-corrected chi connectivity index (χ1v) is 7.53. The summed E-state index contributed by atoms with van der Waals surface area (Å²) in [6.07, 6.45) is 5.12. The fourth-order valence-corrected chi connectivity index (χ4v) is 2.52. The first-order valence-electron chi connectivity index (χ1n) is 7.53. The lowest BCUT2D eigenvalue weighted by atomic mass is 10.1. The predicted molar refractivity (Wildman–Crippen MR) is 82.1 cm³/mol. The van der Waals surface area contributed by atoms with Gasteiger partial charge in [-0.05, 0) is 44.9 Å². The number of likely N-dealkylation sites (N-methyl/N-ethyl adjacent to an activating group) is 1. The molecule has 20 heavy (non-hydrogen) atoms. The zero-order chi connectivity index (χ0) is 14.2. The maximum absolute atomic E-state index is 5.83. The van der Waals surface area contributed by atoms with Crippen LogP contribution >= 0.6 is 0 Å². The Morgan fingerprint density at radius 1 is 1.35 bits per heavy atom. The topological polar surface area (TPSA) is 47.7 Å². The molecule has 1 aromatic carbocycles. The number of benzene rings is 1. The van der Waals surface area contributed by atoms with Crippen LogP contribution in [0.5, 0.6) is 5.75 Å². The largest absolute Gasteiger partial charge is 0.491 e. The Bertz CT molecular complexity index is 392. The van der Waals surface area contributed by atoms with E-state index < -0.39 is 0 Å². The predicted octanol–water partition coefficient (Wildman–Crippen LogP) is 2.54. The molecular formula is C16H26N2O2. The molecule has 2 rings (SSSR count). The molecular weight excluding hydrogens is 252 g/mol. The van der Waals surface area contributed by atoms with Gasteiger partial charge in [0.1, 0.15) is 5.75 Å². The first kappa shape index (κ1) is 15.1. The van der Waals surface area contributed by atoms with Gasteiger partial charge in [0.05, 0.1) is 18.4 Å². The maximum atomic E-state index is 5.83. The number of hydrogen-bond donors (Lipinski definition) is 1. The summed E-state index contributed by atoms with van der Waals surface area (Å²) < 4.78 is 11.4. The van der Waals surface area contributed by atoms with Gasteiger partial charge in [-0.2, -0.15) is 0 Å². The fraction of sp³-hybridized carbons (Fsp3) is 0.625. The highest BCUT2D eigenvalue weighted by Gasteiger charge is 2.15. The van der Waals surface area contributed by atoms with Crippen LogP contribution in [0.3, 0.4) is 0 Å². The minimum Gasteiger partial charge on any atom is -0.491 e. The highest BCUT2D eigenvalue weighted by atomic mass is 16.5. The Kier molecular flexibility index (Phi) is 6.15. The van der Waals surface area contributed by atoms with E-state index in [-0.39, 0.29) is 0 Å². The number of para-hydroxylation sites is 2. The number of hydrogen-bond acceptors (Lipinski definition) is 4. The van der Waals surface area contributed by atoms with E-state index in [9.17, 15) is 0 Å². The van der Waals surface area contributed by atoms with E-state index in [1.54, 1.807) is 0 Å². The Hall–Kier alpha value is -1.26. The third-order valence-corrected chi connectivity index (χ3v) is 3.65. The molecule has 1 unspecified atom stereocenters. The zero-order valence-corrected chi connectivity index (χ0v) is 12.4. The average Bonchev–Trinajstić information content (AvgIpc) is 2.46. The summed E-state index contributed by atoms with van der Waals surface area (Å²) in [4.78, 5) is 2.33. The summed E-state index contributed by atoms with van der Waals surface area (Å²) in [5, 5.41) is 0. The number of anilines is 1. The van der Waals surface area contributed by atoms with Gasteiger partial charge < -0.3 is 20.1 Å². The van der Waals surface area contributed by atoms with Crippen molar-refractivity contribution in [3.05, 3.63) is 24.3 Å². The third-order valence-electron chi connectivity index (χ3n) is 3.65. The van der Waals surface area contributed by atoms with Gasteiger partial charge in [-0.3, -0.25) is 0 Å². The second-order valence-electron chi connectivity index (χ2n) is 5.49. The SMILES string of the molecule is CN(CCCOc1ccccc1N)CC1CCCCO1. The normalized spacial score (nSPS) is 19.2. The van der Waals surface area contributed by atoms with E-state index in [2.05, 4.69) is 11.9 Å². The minimum atomic E-state index is 0.416.